The number of ether oxygens (including phenoxy) is 2. The molecule has 0 aromatic heterocycles. The third kappa shape index (κ3) is 7.44. The molecule has 0 amide bonds. The Morgan fingerprint density at radius 2 is 1.90 bits per heavy atom. The molecule has 3 N–H and O–H groups in total. The molecular weight excluding hydrogens is 130 g/mol. The van der Waals surface area contributed by atoms with Crippen molar-refractivity contribution >= 4 is 0 Å². The summed E-state index contributed by atoms with van der Waals surface area (Å²) >= 11 is 0. The molecule has 0 unspecified atom stereocenters. The van der Waals surface area contributed by atoms with E-state index in [-0.39, 0.29) is 0 Å². The van der Waals surface area contributed by atoms with E-state index in [0.717, 1.165) is 6.54 Å². The second-order valence-corrected chi connectivity index (χ2v) is 1.72. The van der Waals surface area contributed by atoms with E-state index in [4.69, 9.17) is 15.9 Å². The van der Waals surface area contributed by atoms with Crippen LogP contribution in [0.3, 0.4) is 0 Å². The van der Waals surface area contributed by atoms with Gasteiger partial charge in [0.1, 0.15) is 6.61 Å². The maximum Gasteiger partial charge on any atom is 0.107 e. The van der Waals surface area contributed by atoms with Crippen LogP contribution < -0.4 is 5.73 Å². The molecule has 0 bridgehead atoms. The van der Waals surface area contributed by atoms with Crippen LogP contribution in [0.2, 0.25) is 0 Å². The number of hydrogen-bond acceptors (Lipinski definition) is 2. The van der Waals surface area contributed by atoms with Gasteiger partial charge in [-0.2, -0.15) is 0 Å². The van der Waals surface area contributed by atoms with Crippen molar-refractivity contribution in [3.63, 3.8) is 0 Å². The molecule has 0 aliphatic rings. The lowest BCUT2D eigenvalue weighted by Gasteiger charge is -1.99. The first kappa shape index (κ1) is 9.44. The standard InChI is InChI=1S/C7H13NO2/c1-2-4-9-6-7-10-5-3-8/h1H,3-8H2/p+1. The largest absolute Gasteiger partial charge is 0.373 e. The Morgan fingerprint density at radius 3 is 2.50 bits per heavy atom. The lowest BCUT2D eigenvalue weighted by molar-refractivity contribution is -0.374. The van der Waals surface area contributed by atoms with Crippen LogP contribution >= 0.6 is 0 Å². The lowest BCUT2D eigenvalue weighted by Crippen LogP contribution is -2.52. The van der Waals surface area contributed by atoms with E-state index >= 15 is 0 Å². The van der Waals surface area contributed by atoms with Gasteiger partial charge in [0.2, 0.25) is 0 Å². The van der Waals surface area contributed by atoms with Crippen molar-refractivity contribution in [2.45, 2.75) is 0 Å². The van der Waals surface area contributed by atoms with E-state index in [9.17, 15) is 0 Å². The Bertz CT molecular complexity index is 98.3. The summed E-state index contributed by atoms with van der Waals surface area (Å²) in [6.07, 6.45) is 4.94. The summed E-state index contributed by atoms with van der Waals surface area (Å²) in [5.74, 6) is 2.37. The van der Waals surface area contributed by atoms with Crippen LogP contribution in [-0.4, -0.2) is 33.0 Å². The Kier molecular flexibility index (Phi) is 7.97. The quantitative estimate of drug-likeness (QED) is 0.380. The molecule has 0 saturated heterocycles. The van der Waals surface area contributed by atoms with Crippen LogP contribution in [0.5, 0.6) is 0 Å². The molecule has 58 valence electrons. The summed E-state index contributed by atoms with van der Waals surface area (Å²) in [6, 6.07) is 0. The van der Waals surface area contributed by atoms with Crippen molar-refractivity contribution < 1.29 is 15.2 Å². The maximum absolute atomic E-state index is 5.07. The summed E-state index contributed by atoms with van der Waals surface area (Å²) < 4.78 is 10.0. The minimum absolute atomic E-state index is 0.369. The van der Waals surface area contributed by atoms with Crippen molar-refractivity contribution in [2.75, 3.05) is 33.0 Å². The van der Waals surface area contributed by atoms with Gasteiger partial charge >= 0.3 is 0 Å². The van der Waals surface area contributed by atoms with E-state index in [2.05, 4.69) is 11.7 Å². The van der Waals surface area contributed by atoms with E-state index in [0.29, 0.717) is 26.4 Å². The summed E-state index contributed by atoms with van der Waals surface area (Å²) in [4.78, 5) is 0. The van der Waals surface area contributed by atoms with Crippen molar-refractivity contribution in [1.29, 1.82) is 0 Å². The van der Waals surface area contributed by atoms with Gasteiger partial charge < -0.3 is 15.2 Å². The Morgan fingerprint density at radius 1 is 1.20 bits per heavy atom. The summed E-state index contributed by atoms with van der Waals surface area (Å²) in [7, 11) is 0. The molecular formula is C7H14NO2+. The first-order valence-electron chi connectivity index (χ1n) is 3.30. The molecule has 0 aliphatic carbocycles. The maximum atomic E-state index is 5.07. The Labute approximate surface area is 61.5 Å². The average Bonchev–Trinajstić information content (AvgIpc) is 1.97. The van der Waals surface area contributed by atoms with Gasteiger partial charge in [-0.05, 0) is 0 Å². The summed E-state index contributed by atoms with van der Waals surface area (Å²) in [5, 5.41) is 0. The number of quaternary nitrogens is 1. The smallest absolute Gasteiger partial charge is 0.107 e. The van der Waals surface area contributed by atoms with Crippen LogP contribution in [0.25, 0.3) is 0 Å². The zero-order chi connectivity index (χ0) is 7.66. The summed E-state index contributed by atoms with van der Waals surface area (Å²) in [6.45, 7) is 3.05. The predicted octanol–water partition coefficient (Wildman–Crippen LogP) is -1.11. The van der Waals surface area contributed by atoms with Crippen LogP contribution in [0.4, 0.5) is 0 Å². The molecule has 0 fully saturated rings. The molecule has 0 heterocycles. The van der Waals surface area contributed by atoms with Gasteiger partial charge in [-0.1, -0.05) is 5.92 Å². The highest BCUT2D eigenvalue weighted by Crippen LogP contribution is 1.75. The SMILES string of the molecule is C#CCOCCOCC[NH3+]. The van der Waals surface area contributed by atoms with Crippen molar-refractivity contribution in [3.8, 4) is 12.3 Å². The highest BCUT2D eigenvalue weighted by molar-refractivity contribution is 4.82. The molecule has 0 aliphatic heterocycles. The lowest BCUT2D eigenvalue weighted by atomic mass is 10.7. The Hall–Kier alpha value is -0.560. The number of terminal acetylenes is 1. The van der Waals surface area contributed by atoms with E-state index in [1.807, 2.05) is 0 Å². The third-order valence-corrected chi connectivity index (χ3v) is 0.846. The first-order chi connectivity index (χ1) is 4.91. The molecule has 3 heteroatoms. The van der Waals surface area contributed by atoms with Crippen molar-refractivity contribution in [1.82, 2.24) is 0 Å². The van der Waals surface area contributed by atoms with Crippen LogP contribution in [-0.2, 0) is 9.47 Å². The molecule has 10 heavy (non-hydrogen) atoms. The molecule has 0 saturated carbocycles. The topological polar surface area (TPSA) is 46.1 Å². The van der Waals surface area contributed by atoms with E-state index < -0.39 is 0 Å². The van der Waals surface area contributed by atoms with Gasteiger partial charge in [-0.25, -0.2) is 0 Å². The average molecular weight is 144 g/mol. The van der Waals surface area contributed by atoms with Crippen molar-refractivity contribution in [3.05, 3.63) is 0 Å². The first-order valence-corrected chi connectivity index (χ1v) is 3.30. The second-order valence-electron chi connectivity index (χ2n) is 1.72. The molecule has 0 rings (SSSR count). The minimum atomic E-state index is 0.369. The van der Waals surface area contributed by atoms with Gasteiger partial charge in [-0.3, -0.25) is 0 Å². The molecule has 0 spiro atoms. The van der Waals surface area contributed by atoms with E-state index in [1.165, 1.54) is 0 Å². The van der Waals surface area contributed by atoms with Crippen LogP contribution in [0.15, 0.2) is 0 Å². The van der Waals surface area contributed by atoms with Gasteiger partial charge in [0.05, 0.1) is 26.4 Å². The van der Waals surface area contributed by atoms with Gasteiger partial charge in [-0.15, -0.1) is 6.42 Å². The molecule has 0 aromatic rings. The van der Waals surface area contributed by atoms with Crippen LogP contribution in [0, 0.1) is 12.3 Å². The molecule has 0 aromatic carbocycles. The zero-order valence-electron chi connectivity index (χ0n) is 6.14. The molecule has 0 atom stereocenters. The number of rotatable bonds is 6. The Balaban J connectivity index is 2.72. The van der Waals surface area contributed by atoms with Gasteiger partial charge in [0, 0.05) is 0 Å². The fourth-order valence-corrected chi connectivity index (χ4v) is 0.453. The highest BCUT2D eigenvalue weighted by atomic mass is 16.5. The highest BCUT2D eigenvalue weighted by Gasteiger charge is 1.86. The number of hydrogen-bond donors (Lipinski definition) is 1. The van der Waals surface area contributed by atoms with Crippen LogP contribution in [0.1, 0.15) is 0 Å². The molecule has 0 radical (unpaired) electrons. The minimum Gasteiger partial charge on any atom is -0.373 e. The molecule has 3 nitrogen and oxygen atoms in total. The van der Waals surface area contributed by atoms with E-state index in [1.54, 1.807) is 0 Å². The van der Waals surface area contributed by atoms with Gasteiger partial charge in [0.15, 0.2) is 0 Å². The predicted molar refractivity (Wildman–Crippen MR) is 38.2 cm³/mol. The third-order valence-electron chi connectivity index (χ3n) is 0.846. The zero-order valence-corrected chi connectivity index (χ0v) is 6.14. The fourth-order valence-electron chi connectivity index (χ4n) is 0.453. The second kappa shape index (κ2) is 8.44. The monoisotopic (exact) mass is 144 g/mol. The fraction of sp³-hybridized carbons (Fsp3) is 0.714. The normalized spacial score (nSPS) is 9.20. The van der Waals surface area contributed by atoms with Crippen molar-refractivity contribution in [2.24, 2.45) is 0 Å². The summed E-state index contributed by atoms with van der Waals surface area (Å²) in [5.41, 5.74) is 3.62. The van der Waals surface area contributed by atoms with Gasteiger partial charge in [0.25, 0.3) is 0 Å².